The summed E-state index contributed by atoms with van der Waals surface area (Å²) in [6, 6.07) is 1.74. The summed E-state index contributed by atoms with van der Waals surface area (Å²) in [4.78, 5) is 10.8. The average Bonchev–Trinajstić information content (AvgIpc) is 2.08. The fourth-order valence-electron chi connectivity index (χ4n) is 0.969. The van der Waals surface area contributed by atoms with Gasteiger partial charge in [0.25, 0.3) is 0 Å². The van der Waals surface area contributed by atoms with E-state index in [-0.39, 0.29) is 11.3 Å². The van der Waals surface area contributed by atoms with Crippen molar-refractivity contribution in [2.75, 3.05) is 7.11 Å². The van der Waals surface area contributed by atoms with Crippen LogP contribution in [-0.4, -0.2) is 12.9 Å². The molecule has 1 aromatic carbocycles. The van der Waals surface area contributed by atoms with Gasteiger partial charge in [-0.3, -0.25) is 4.79 Å². The highest BCUT2D eigenvalue weighted by Gasteiger charge is 2.14. The van der Waals surface area contributed by atoms with Gasteiger partial charge < -0.3 is 4.74 Å². The van der Waals surface area contributed by atoms with E-state index in [0.717, 1.165) is 19.1 Å². The van der Waals surface area contributed by atoms with E-state index < -0.39 is 17.4 Å². The third-order valence-electron chi connectivity index (χ3n) is 1.60. The number of hydrogen-bond acceptors (Lipinski definition) is 2. The first kappa shape index (κ1) is 9.64. The molecule has 0 saturated carbocycles. The third-order valence-corrected chi connectivity index (χ3v) is 1.60. The molecular weight excluding hydrogens is 178 g/mol. The maximum absolute atomic E-state index is 13.2. The maximum atomic E-state index is 13.2. The summed E-state index contributed by atoms with van der Waals surface area (Å²) in [6.07, 6.45) is 0. The molecular formula is C9H8F2O2. The molecule has 4 heteroatoms. The number of benzene rings is 1. The lowest BCUT2D eigenvalue weighted by molar-refractivity contribution is 0.101. The van der Waals surface area contributed by atoms with Crippen LogP contribution in [0.2, 0.25) is 0 Å². The van der Waals surface area contributed by atoms with Gasteiger partial charge in [-0.25, -0.2) is 8.78 Å². The molecule has 0 bridgehead atoms. The molecule has 70 valence electrons. The number of carbonyl (C=O) groups excluding carboxylic acids is 1. The summed E-state index contributed by atoms with van der Waals surface area (Å²) in [5.74, 6) is -2.31. The smallest absolute Gasteiger partial charge is 0.176 e. The molecule has 0 heterocycles. The molecule has 0 unspecified atom stereocenters. The summed E-state index contributed by atoms with van der Waals surface area (Å²) < 4.78 is 30.5. The Balaban J connectivity index is 3.35. The van der Waals surface area contributed by atoms with Crippen LogP contribution >= 0.6 is 0 Å². The Hall–Kier alpha value is -1.45. The standard InChI is InChI=1S/C9H8F2O2/c1-5(12)7-3-6(10)4-8(13-2)9(7)11/h3-4H,1-2H3. The van der Waals surface area contributed by atoms with Gasteiger partial charge in [-0.15, -0.1) is 0 Å². The molecule has 0 atom stereocenters. The maximum Gasteiger partial charge on any atom is 0.176 e. The number of ketones is 1. The van der Waals surface area contributed by atoms with E-state index in [0.29, 0.717) is 0 Å². The van der Waals surface area contributed by atoms with E-state index in [1.54, 1.807) is 0 Å². The van der Waals surface area contributed by atoms with Crippen molar-refractivity contribution in [2.24, 2.45) is 0 Å². The quantitative estimate of drug-likeness (QED) is 0.661. The fourth-order valence-corrected chi connectivity index (χ4v) is 0.969. The molecule has 0 aliphatic heterocycles. The Kier molecular flexibility index (Phi) is 2.60. The molecule has 0 aliphatic rings. The Morgan fingerprint density at radius 1 is 1.38 bits per heavy atom. The first-order chi connectivity index (χ1) is 6.06. The molecule has 0 fully saturated rings. The summed E-state index contributed by atoms with van der Waals surface area (Å²) in [5, 5.41) is 0. The molecule has 0 aromatic heterocycles. The second-order valence-electron chi connectivity index (χ2n) is 2.53. The minimum absolute atomic E-state index is 0.259. The van der Waals surface area contributed by atoms with E-state index in [1.807, 2.05) is 0 Å². The molecule has 0 spiro atoms. The number of ether oxygens (including phenoxy) is 1. The topological polar surface area (TPSA) is 26.3 Å². The van der Waals surface area contributed by atoms with Crippen molar-refractivity contribution in [1.29, 1.82) is 0 Å². The largest absolute Gasteiger partial charge is 0.494 e. The van der Waals surface area contributed by atoms with Gasteiger partial charge in [-0.2, -0.15) is 0 Å². The van der Waals surface area contributed by atoms with Gasteiger partial charge in [-0.05, 0) is 13.0 Å². The van der Waals surface area contributed by atoms with Crippen LogP contribution in [0.5, 0.6) is 5.75 Å². The van der Waals surface area contributed by atoms with Crippen molar-refractivity contribution in [2.45, 2.75) is 6.92 Å². The zero-order chi connectivity index (χ0) is 10.0. The van der Waals surface area contributed by atoms with Gasteiger partial charge in [0, 0.05) is 6.07 Å². The first-order valence-corrected chi connectivity index (χ1v) is 3.60. The van der Waals surface area contributed by atoms with E-state index in [9.17, 15) is 13.6 Å². The Labute approximate surface area is 74.1 Å². The molecule has 0 N–H and O–H groups in total. The van der Waals surface area contributed by atoms with Crippen LogP contribution in [0.25, 0.3) is 0 Å². The molecule has 2 nitrogen and oxygen atoms in total. The van der Waals surface area contributed by atoms with Gasteiger partial charge in [0.1, 0.15) is 5.82 Å². The van der Waals surface area contributed by atoms with Crippen LogP contribution in [-0.2, 0) is 0 Å². The highest BCUT2D eigenvalue weighted by molar-refractivity contribution is 5.94. The molecule has 0 amide bonds. The predicted molar refractivity (Wildman–Crippen MR) is 42.9 cm³/mol. The normalized spacial score (nSPS) is 9.85. The van der Waals surface area contributed by atoms with Crippen LogP contribution in [0.4, 0.5) is 8.78 Å². The lowest BCUT2D eigenvalue weighted by Gasteiger charge is -2.04. The number of Topliss-reactive ketones (excluding diaryl/α,β-unsaturated/α-hetero) is 1. The second-order valence-corrected chi connectivity index (χ2v) is 2.53. The fraction of sp³-hybridized carbons (Fsp3) is 0.222. The van der Waals surface area contributed by atoms with Crippen LogP contribution in [0.15, 0.2) is 12.1 Å². The van der Waals surface area contributed by atoms with Crippen molar-refractivity contribution < 1.29 is 18.3 Å². The van der Waals surface area contributed by atoms with E-state index in [2.05, 4.69) is 4.74 Å². The predicted octanol–water partition coefficient (Wildman–Crippen LogP) is 2.18. The number of carbonyl (C=O) groups is 1. The summed E-state index contributed by atoms with van der Waals surface area (Å²) in [6.45, 7) is 1.16. The second kappa shape index (κ2) is 3.51. The van der Waals surface area contributed by atoms with Crippen molar-refractivity contribution >= 4 is 5.78 Å². The number of hydrogen-bond donors (Lipinski definition) is 0. The molecule has 1 aromatic rings. The van der Waals surface area contributed by atoms with E-state index in [1.165, 1.54) is 7.11 Å². The van der Waals surface area contributed by atoms with Gasteiger partial charge in [0.2, 0.25) is 0 Å². The zero-order valence-corrected chi connectivity index (χ0v) is 7.23. The van der Waals surface area contributed by atoms with Crippen molar-refractivity contribution in [3.8, 4) is 5.75 Å². The molecule has 0 aliphatic carbocycles. The Bertz CT molecular complexity index is 348. The van der Waals surface area contributed by atoms with Gasteiger partial charge >= 0.3 is 0 Å². The molecule has 0 radical (unpaired) electrons. The monoisotopic (exact) mass is 186 g/mol. The lowest BCUT2D eigenvalue weighted by atomic mass is 10.1. The third kappa shape index (κ3) is 1.83. The molecule has 0 saturated heterocycles. The summed E-state index contributed by atoms with van der Waals surface area (Å²) >= 11 is 0. The number of rotatable bonds is 2. The van der Waals surface area contributed by atoms with Crippen molar-refractivity contribution in [3.63, 3.8) is 0 Å². The average molecular weight is 186 g/mol. The SMILES string of the molecule is COc1cc(F)cc(C(C)=O)c1F. The van der Waals surface area contributed by atoms with Gasteiger partial charge in [-0.1, -0.05) is 0 Å². The Morgan fingerprint density at radius 2 is 2.00 bits per heavy atom. The number of halogens is 2. The van der Waals surface area contributed by atoms with E-state index >= 15 is 0 Å². The molecule has 1 rings (SSSR count). The lowest BCUT2D eigenvalue weighted by Crippen LogP contribution is -2.01. The zero-order valence-electron chi connectivity index (χ0n) is 7.23. The summed E-state index contributed by atoms with van der Waals surface area (Å²) in [5.41, 5.74) is -0.295. The van der Waals surface area contributed by atoms with Crippen molar-refractivity contribution in [3.05, 3.63) is 29.3 Å². The van der Waals surface area contributed by atoms with Crippen LogP contribution < -0.4 is 4.74 Å². The van der Waals surface area contributed by atoms with E-state index in [4.69, 9.17) is 0 Å². The highest BCUT2D eigenvalue weighted by atomic mass is 19.1. The van der Waals surface area contributed by atoms with Crippen LogP contribution in [0.3, 0.4) is 0 Å². The minimum atomic E-state index is -0.823. The Morgan fingerprint density at radius 3 is 2.46 bits per heavy atom. The summed E-state index contributed by atoms with van der Waals surface area (Å²) in [7, 11) is 1.21. The van der Waals surface area contributed by atoms with Gasteiger partial charge in [0.15, 0.2) is 17.3 Å². The minimum Gasteiger partial charge on any atom is -0.494 e. The van der Waals surface area contributed by atoms with Gasteiger partial charge in [0.05, 0.1) is 12.7 Å². The van der Waals surface area contributed by atoms with Crippen LogP contribution in [0.1, 0.15) is 17.3 Å². The molecule has 13 heavy (non-hydrogen) atoms. The number of methoxy groups -OCH3 is 1. The van der Waals surface area contributed by atoms with Crippen LogP contribution in [0, 0.1) is 11.6 Å². The first-order valence-electron chi connectivity index (χ1n) is 3.60. The highest BCUT2D eigenvalue weighted by Crippen LogP contribution is 2.22. The van der Waals surface area contributed by atoms with Crippen molar-refractivity contribution in [1.82, 2.24) is 0 Å².